The summed E-state index contributed by atoms with van der Waals surface area (Å²) in [6.07, 6.45) is 2.26. The van der Waals surface area contributed by atoms with Crippen LogP contribution in [0.1, 0.15) is 25.5 Å². The van der Waals surface area contributed by atoms with Gasteiger partial charge in [0.2, 0.25) is 16.0 Å². The highest BCUT2D eigenvalue weighted by molar-refractivity contribution is 7.20. The Kier molecular flexibility index (Phi) is 5.27. The second kappa shape index (κ2) is 7.69. The number of hydrogen-bond acceptors (Lipinski definition) is 6. The molecule has 1 atom stereocenters. The van der Waals surface area contributed by atoms with E-state index in [4.69, 9.17) is 23.2 Å². The number of carbonyl (C=O) groups excluding carboxylic acids is 1. The van der Waals surface area contributed by atoms with Crippen molar-refractivity contribution in [1.82, 2.24) is 14.6 Å². The molecular weight excluding hydrogens is 421 g/mol. The number of nitrogens with zero attached hydrogens (tertiary/aromatic N) is 4. The van der Waals surface area contributed by atoms with Crippen LogP contribution in [0.4, 0.5) is 10.8 Å². The van der Waals surface area contributed by atoms with Crippen LogP contribution in [0.5, 0.6) is 0 Å². The standard InChI is InChI=1S/C18H17Cl2N5O2S/c1-2-3-10-8-15(26)25-18(21-10)28-17(23-25)22-14-6-7-24(16(14)27)11-4-5-12(19)13(20)9-11/h4-5,8-9,14H,2-3,6-7H2,1H3,(H,22,23). The molecule has 1 unspecified atom stereocenters. The fraction of sp³-hybridized carbons (Fsp3) is 0.333. The molecule has 3 aromatic rings. The van der Waals surface area contributed by atoms with Crippen molar-refractivity contribution in [3.63, 3.8) is 0 Å². The number of carbonyl (C=O) groups is 1. The highest BCUT2D eigenvalue weighted by Crippen LogP contribution is 2.30. The first-order chi connectivity index (χ1) is 13.5. The first-order valence-electron chi connectivity index (χ1n) is 8.89. The van der Waals surface area contributed by atoms with E-state index in [9.17, 15) is 9.59 Å². The van der Waals surface area contributed by atoms with Crippen molar-refractivity contribution in [3.05, 3.63) is 50.4 Å². The van der Waals surface area contributed by atoms with E-state index in [-0.39, 0.29) is 11.5 Å². The van der Waals surface area contributed by atoms with Crippen LogP contribution in [-0.2, 0) is 11.2 Å². The SMILES string of the molecule is CCCc1cc(=O)n2nc(NC3CCN(c4ccc(Cl)c(Cl)c4)C3=O)sc2n1. The van der Waals surface area contributed by atoms with Crippen LogP contribution in [0.2, 0.25) is 10.0 Å². The summed E-state index contributed by atoms with van der Waals surface area (Å²) in [5, 5.41) is 8.76. The maximum Gasteiger partial charge on any atom is 0.275 e. The molecule has 28 heavy (non-hydrogen) atoms. The van der Waals surface area contributed by atoms with E-state index >= 15 is 0 Å². The van der Waals surface area contributed by atoms with Crippen LogP contribution >= 0.6 is 34.5 Å². The first-order valence-corrected chi connectivity index (χ1v) is 10.5. The summed E-state index contributed by atoms with van der Waals surface area (Å²) < 4.78 is 1.27. The van der Waals surface area contributed by atoms with Crippen LogP contribution in [0.3, 0.4) is 0 Å². The number of anilines is 2. The molecule has 10 heteroatoms. The van der Waals surface area contributed by atoms with E-state index in [1.165, 1.54) is 21.9 Å². The van der Waals surface area contributed by atoms with Gasteiger partial charge < -0.3 is 10.2 Å². The molecule has 1 N–H and O–H groups in total. The van der Waals surface area contributed by atoms with Crippen molar-refractivity contribution < 1.29 is 4.79 Å². The summed E-state index contributed by atoms with van der Waals surface area (Å²) in [4.78, 5) is 31.7. The Morgan fingerprint density at radius 3 is 2.82 bits per heavy atom. The zero-order chi connectivity index (χ0) is 19.8. The van der Waals surface area contributed by atoms with Gasteiger partial charge in [-0.25, -0.2) is 4.98 Å². The van der Waals surface area contributed by atoms with Crippen molar-refractivity contribution in [1.29, 1.82) is 0 Å². The van der Waals surface area contributed by atoms with Gasteiger partial charge in [0.15, 0.2) is 0 Å². The third-order valence-electron chi connectivity index (χ3n) is 4.52. The summed E-state index contributed by atoms with van der Waals surface area (Å²) >= 11 is 13.3. The molecule has 1 amide bonds. The number of halogens is 2. The lowest BCUT2D eigenvalue weighted by atomic mass is 10.2. The Morgan fingerprint density at radius 2 is 2.07 bits per heavy atom. The molecule has 0 aliphatic carbocycles. The number of nitrogens with one attached hydrogen (secondary N) is 1. The quantitative estimate of drug-likeness (QED) is 0.658. The van der Waals surface area contributed by atoms with Gasteiger partial charge in [0.05, 0.1) is 10.0 Å². The molecule has 1 saturated heterocycles. The summed E-state index contributed by atoms with van der Waals surface area (Å²) in [5.41, 5.74) is 1.24. The Hall–Kier alpha value is -2.16. The first kappa shape index (κ1) is 19.2. The van der Waals surface area contributed by atoms with Crippen molar-refractivity contribution in [3.8, 4) is 0 Å². The Labute approximate surface area is 174 Å². The van der Waals surface area contributed by atoms with Crippen molar-refractivity contribution in [2.24, 2.45) is 0 Å². The van der Waals surface area contributed by atoms with E-state index in [2.05, 4.69) is 15.4 Å². The van der Waals surface area contributed by atoms with Crippen LogP contribution in [0.15, 0.2) is 29.1 Å². The maximum absolute atomic E-state index is 12.8. The molecule has 146 valence electrons. The number of aromatic nitrogens is 3. The van der Waals surface area contributed by atoms with Gasteiger partial charge in [-0.1, -0.05) is 47.9 Å². The molecule has 0 bridgehead atoms. The lowest BCUT2D eigenvalue weighted by Gasteiger charge is -2.17. The van der Waals surface area contributed by atoms with E-state index in [1.807, 2.05) is 6.92 Å². The smallest absolute Gasteiger partial charge is 0.275 e. The molecule has 4 rings (SSSR count). The average molecular weight is 438 g/mol. The zero-order valence-electron chi connectivity index (χ0n) is 15.0. The Bertz CT molecular complexity index is 1110. The van der Waals surface area contributed by atoms with E-state index in [0.717, 1.165) is 18.5 Å². The third-order valence-corrected chi connectivity index (χ3v) is 6.10. The van der Waals surface area contributed by atoms with Gasteiger partial charge in [-0.3, -0.25) is 9.59 Å². The van der Waals surface area contributed by atoms with Gasteiger partial charge in [0.1, 0.15) is 6.04 Å². The maximum atomic E-state index is 12.8. The van der Waals surface area contributed by atoms with Crippen LogP contribution in [0, 0.1) is 0 Å². The number of aryl methyl sites for hydroxylation is 1. The second-order valence-electron chi connectivity index (χ2n) is 6.51. The van der Waals surface area contributed by atoms with E-state index < -0.39 is 6.04 Å². The number of benzene rings is 1. The fourth-order valence-electron chi connectivity index (χ4n) is 3.17. The molecule has 1 aliphatic heterocycles. The van der Waals surface area contributed by atoms with Gasteiger partial charge in [0.25, 0.3) is 5.56 Å². The minimum atomic E-state index is -0.430. The number of amides is 1. The predicted molar refractivity (Wildman–Crippen MR) is 112 cm³/mol. The van der Waals surface area contributed by atoms with Gasteiger partial charge in [0, 0.05) is 24.0 Å². The lowest BCUT2D eigenvalue weighted by molar-refractivity contribution is -0.117. The molecule has 7 nitrogen and oxygen atoms in total. The molecule has 1 aliphatic rings. The minimum absolute atomic E-state index is 0.0791. The van der Waals surface area contributed by atoms with Gasteiger partial charge in [-0.05, 0) is 31.0 Å². The minimum Gasteiger partial charge on any atom is -0.348 e. The number of hydrogen-bond donors (Lipinski definition) is 1. The molecule has 0 radical (unpaired) electrons. The predicted octanol–water partition coefficient (Wildman–Crippen LogP) is 3.63. The summed E-state index contributed by atoms with van der Waals surface area (Å²) in [7, 11) is 0. The monoisotopic (exact) mass is 437 g/mol. The molecule has 3 heterocycles. The van der Waals surface area contributed by atoms with E-state index in [1.54, 1.807) is 23.1 Å². The highest BCUT2D eigenvalue weighted by Gasteiger charge is 2.33. The molecule has 2 aromatic heterocycles. The Morgan fingerprint density at radius 1 is 1.25 bits per heavy atom. The summed E-state index contributed by atoms with van der Waals surface area (Å²) in [6, 6.07) is 6.20. The van der Waals surface area contributed by atoms with Crippen molar-refractivity contribution in [2.75, 3.05) is 16.8 Å². The molecule has 0 saturated carbocycles. The van der Waals surface area contributed by atoms with Gasteiger partial charge >= 0.3 is 0 Å². The van der Waals surface area contributed by atoms with E-state index in [0.29, 0.717) is 38.8 Å². The van der Waals surface area contributed by atoms with Crippen LogP contribution < -0.4 is 15.8 Å². The Balaban J connectivity index is 1.54. The number of fused-ring (bicyclic) bond motifs is 1. The largest absolute Gasteiger partial charge is 0.348 e. The van der Waals surface area contributed by atoms with Gasteiger partial charge in [-0.15, -0.1) is 5.10 Å². The zero-order valence-corrected chi connectivity index (χ0v) is 17.3. The van der Waals surface area contributed by atoms with Gasteiger partial charge in [-0.2, -0.15) is 4.52 Å². The molecule has 0 spiro atoms. The molecule has 1 fully saturated rings. The third kappa shape index (κ3) is 3.59. The average Bonchev–Trinajstić information content (AvgIpc) is 3.22. The number of rotatable bonds is 5. The van der Waals surface area contributed by atoms with Crippen LogP contribution in [0.25, 0.3) is 4.96 Å². The van der Waals surface area contributed by atoms with Crippen molar-refractivity contribution in [2.45, 2.75) is 32.2 Å². The summed E-state index contributed by atoms with van der Waals surface area (Å²) in [6.45, 7) is 2.59. The normalized spacial score (nSPS) is 16.9. The fourth-order valence-corrected chi connectivity index (χ4v) is 4.34. The van der Waals surface area contributed by atoms with Crippen LogP contribution in [-0.4, -0.2) is 33.1 Å². The summed E-state index contributed by atoms with van der Waals surface area (Å²) in [5.74, 6) is -0.0791. The topological polar surface area (TPSA) is 79.6 Å². The van der Waals surface area contributed by atoms with Crippen molar-refractivity contribution >= 4 is 56.2 Å². The lowest BCUT2D eigenvalue weighted by Crippen LogP contribution is -2.33. The molecule has 1 aromatic carbocycles. The second-order valence-corrected chi connectivity index (χ2v) is 8.28. The molecular formula is C18H17Cl2N5O2S. The highest BCUT2D eigenvalue weighted by atomic mass is 35.5.